The van der Waals surface area contributed by atoms with Crippen molar-refractivity contribution in [1.82, 2.24) is 5.32 Å². The highest BCUT2D eigenvalue weighted by Crippen LogP contribution is 2.63. The van der Waals surface area contributed by atoms with Crippen molar-refractivity contribution in [2.24, 2.45) is 17.6 Å². The summed E-state index contributed by atoms with van der Waals surface area (Å²) in [7, 11) is 0. The second kappa shape index (κ2) is 8.28. The summed E-state index contributed by atoms with van der Waals surface area (Å²) in [5.74, 6) is -0.0175. The van der Waals surface area contributed by atoms with E-state index in [4.69, 9.17) is 15.9 Å². The van der Waals surface area contributed by atoms with Crippen molar-refractivity contribution in [3.8, 4) is 0 Å². The largest absolute Gasteiger partial charge is 0.384 e. The Bertz CT molecular complexity index is 1440. The topological polar surface area (TPSA) is 88.2 Å². The SMILES string of the molecule is CC12OC(c3cc(C(=O)NCc4ccc(C(=N)N)cc4)ccc31)C1C=CC(c3ccc(F)cc3)=CC12. The molecule has 1 aliphatic carbocycles. The maximum Gasteiger partial charge on any atom is 0.251 e. The van der Waals surface area contributed by atoms with E-state index in [9.17, 15) is 9.18 Å². The fourth-order valence-corrected chi connectivity index (χ4v) is 5.76. The van der Waals surface area contributed by atoms with Crippen molar-refractivity contribution in [2.75, 3.05) is 0 Å². The van der Waals surface area contributed by atoms with Crippen LogP contribution in [0.15, 0.2) is 85.0 Å². The van der Waals surface area contributed by atoms with Gasteiger partial charge in [-0.25, -0.2) is 4.39 Å². The fraction of sp³-hybridized carbons (Fsp3) is 0.200. The van der Waals surface area contributed by atoms with Crippen LogP contribution in [-0.4, -0.2) is 11.7 Å². The van der Waals surface area contributed by atoms with Gasteiger partial charge in [-0.2, -0.15) is 0 Å². The van der Waals surface area contributed by atoms with E-state index in [1.807, 2.05) is 30.3 Å². The van der Waals surface area contributed by atoms with Gasteiger partial charge in [0.25, 0.3) is 5.91 Å². The number of nitrogens with one attached hydrogen (secondary N) is 2. The number of nitrogens with two attached hydrogens (primary N) is 1. The van der Waals surface area contributed by atoms with Gasteiger partial charge in [-0.1, -0.05) is 60.7 Å². The third-order valence-electron chi connectivity index (χ3n) is 7.68. The molecule has 2 aliphatic heterocycles. The average molecular weight is 480 g/mol. The Labute approximate surface area is 209 Å². The second-order valence-corrected chi connectivity index (χ2v) is 9.83. The molecule has 6 heteroatoms. The summed E-state index contributed by atoms with van der Waals surface area (Å²) in [5, 5.41) is 10.5. The van der Waals surface area contributed by atoms with Crippen LogP contribution < -0.4 is 11.1 Å². The number of amides is 1. The van der Waals surface area contributed by atoms with Crippen LogP contribution in [-0.2, 0) is 16.9 Å². The van der Waals surface area contributed by atoms with Crippen LogP contribution in [0.5, 0.6) is 0 Å². The minimum Gasteiger partial charge on any atom is -0.384 e. The lowest BCUT2D eigenvalue weighted by molar-refractivity contribution is -0.0199. The molecule has 1 amide bonds. The first-order valence-electron chi connectivity index (χ1n) is 12.0. The van der Waals surface area contributed by atoms with E-state index in [0.29, 0.717) is 17.7 Å². The van der Waals surface area contributed by atoms with Crippen LogP contribution in [0.3, 0.4) is 0 Å². The Morgan fingerprint density at radius 1 is 1.08 bits per heavy atom. The van der Waals surface area contributed by atoms with Crippen molar-refractivity contribution < 1.29 is 13.9 Å². The van der Waals surface area contributed by atoms with Gasteiger partial charge in [-0.05, 0) is 59.0 Å². The zero-order chi connectivity index (χ0) is 25.0. The number of hydrogen-bond donors (Lipinski definition) is 3. The Kier molecular flexibility index (Phi) is 5.16. The number of carbonyl (C=O) groups is 1. The van der Waals surface area contributed by atoms with Crippen molar-refractivity contribution in [3.63, 3.8) is 0 Å². The summed E-state index contributed by atoms with van der Waals surface area (Å²) in [6.45, 7) is 2.51. The third-order valence-corrected chi connectivity index (χ3v) is 7.68. The summed E-state index contributed by atoms with van der Waals surface area (Å²) in [6, 6.07) is 19.7. The van der Waals surface area contributed by atoms with Crippen molar-refractivity contribution >= 4 is 17.3 Å². The molecule has 0 radical (unpaired) electrons. The molecule has 2 bridgehead atoms. The molecule has 4 N–H and O–H groups in total. The van der Waals surface area contributed by atoms with E-state index in [1.54, 1.807) is 24.3 Å². The van der Waals surface area contributed by atoms with Crippen LogP contribution in [0.2, 0.25) is 0 Å². The highest BCUT2D eigenvalue weighted by molar-refractivity contribution is 5.95. The van der Waals surface area contributed by atoms with Gasteiger partial charge in [-0.3, -0.25) is 10.2 Å². The minimum atomic E-state index is -0.478. The number of rotatable bonds is 5. The molecule has 180 valence electrons. The molecule has 6 rings (SSSR count). The zero-order valence-corrected chi connectivity index (χ0v) is 19.8. The second-order valence-electron chi connectivity index (χ2n) is 9.83. The van der Waals surface area contributed by atoms with Gasteiger partial charge in [0.1, 0.15) is 11.7 Å². The van der Waals surface area contributed by atoms with E-state index in [1.165, 1.54) is 12.1 Å². The van der Waals surface area contributed by atoms with E-state index >= 15 is 0 Å². The van der Waals surface area contributed by atoms with Gasteiger partial charge in [0.2, 0.25) is 0 Å². The Hall–Kier alpha value is -4.03. The van der Waals surface area contributed by atoms with Gasteiger partial charge < -0.3 is 15.8 Å². The first-order valence-corrected chi connectivity index (χ1v) is 12.0. The lowest BCUT2D eigenvalue weighted by Gasteiger charge is -2.35. The highest BCUT2D eigenvalue weighted by Gasteiger charge is 2.58. The molecular formula is C30H26FN3O2. The maximum atomic E-state index is 13.4. The number of allylic oxidation sites excluding steroid dienone is 2. The molecule has 2 heterocycles. The third kappa shape index (κ3) is 3.57. The Morgan fingerprint density at radius 3 is 2.53 bits per heavy atom. The molecule has 3 aromatic carbocycles. The molecule has 36 heavy (non-hydrogen) atoms. The maximum absolute atomic E-state index is 13.4. The monoisotopic (exact) mass is 479 g/mol. The highest BCUT2D eigenvalue weighted by atomic mass is 19.1. The normalized spacial score (nSPS) is 25.2. The number of hydrogen-bond acceptors (Lipinski definition) is 3. The van der Waals surface area contributed by atoms with Crippen LogP contribution in [0.25, 0.3) is 5.57 Å². The Morgan fingerprint density at radius 2 is 1.81 bits per heavy atom. The number of fused-ring (bicyclic) bond motifs is 8. The number of amidine groups is 1. The fourth-order valence-electron chi connectivity index (χ4n) is 5.76. The van der Waals surface area contributed by atoms with Gasteiger partial charge in [0, 0.05) is 29.5 Å². The van der Waals surface area contributed by atoms with Crippen LogP contribution in [0.1, 0.15) is 51.2 Å². The van der Waals surface area contributed by atoms with E-state index in [2.05, 4.69) is 30.5 Å². The average Bonchev–Trinajstić information content (AvgIpc) is 3.36. The molecular weight excluding hydrogens is 453 g/mol. The van der Waals surface area contributed by atoms with Gasteiger partial charge >= 0.3 is 0 Å². The molecule has 1 fully saturated rings. The van der Waals surface area contributed by atoms with E-state index in [-0.39, 0.29) is 35.5 Å². The first kappa shape index (κ1) is 22.4. The lowest BCUT2D eigenvalue weighted by Crippen LogP contribution is -2.32. The number of carbonyl (C=O) groups excluding carboxylic acids is 1. The van der Waals surface area contributed by atoms with Crippen molar-refractivity contribution in [3.05, 3.63) is 124 Å². The summed E-state index contributed by atoms with van der Waals surface area (Å²) >= 11 is 0. The smallest absolute Gasteiger partial charge is 0.251 e. The van der Waals surface area contributed by atoms with Crippen molar-refractivity contribution in [1.29, 1.82) is 5.41 Å². The molecule has 0 spiro atoms. The quantitative estimate of drug-likeness (QED) is 0.346. The number of benzene rings is 3. The minimum absolute atomic E-state index is 0.0196. The predicted octanol–water partition coefficient (Wildman–Crippen LogP) is 5.23. The van der Waals surface area contributed by atoms with Gasteiger partial charge in [0.15, 0.2) is 0 Å². The zero-order valence-electron chi connectivity index (χ0n) is 19.8. The Balaban J connectivity index is 1.21. The first-order chi connectivity index (χ1) is 17.3. The lowest BCUT2D eigenvalue weighted by atomic mass is 9.66. The van der Waals surface area contributed by atoms with Crippen LogP contribution >= 0.6 is 0 Å². The van der Waals surface area contributed by atoms with Gasteiger partial charge in [-0.15, -0.1) is 0 Å². The summed E-state index contributed by atoms with van der Waals surface area (Å²) in [4.78, 5) is 12.9. The molecule has 3 aliphatic rings. The standard InChI is InChI=1S/C30H26FN3O2/c1-30-25-13-9-21(29(35)34-16-17-2-4-19(5-3-17)28(32)33)14-24(25)27(36-30)23-12-8-20(15-26(23)30)18-6-10-22(31)11-7-18/h2-15,23,26-27H,16H2,1H3,(H3,32,33)(H,34,35). The van der Waals surface area contributed by atoms with Crippen LogP contribution in [0.4, 0.5) is 4.39 Å². The van der Waals surface area contributed by atoms with Gasteiger partial charge in [0.05, 0.1) is 11.7 Å². The summed E-state index contributed by atoms with van der Waals surface area (Å²) < 4.78 is 19.9. The molecule has 1 saturated heterocycles. The summed E-state index contributed by atoms with van der Waals surface area (Å²) in [5.41, 5.74) is 11.5. The number of ether oxygens (including phenoxy) is 1. The summed E-state index contributed by atoms with van der Waals surface area (Å²) in [6.07, 6.45) is 6.43. The molecule has 5 nitrogen and oxygen atoms in total. The van der Waals surface area contributed by atoms with Crippen molar-refractivity contribution in [2.45, 2.75) is 25.2 Å². The molecule has 4 unspecified atom stereocenters. The van der Waals surface area contributed by atoms with E-state index in [0.717, 1.165) is 27.8 Å². The molecule has 0 aromatic heterocycles. The number of nitrogen functional groups attached to an aromatic ring is 1. The van der Waals surface area contributed by atoms with E-state index < -0.39 is 5.60 Å². The van der Waals surface area contributed by atoms with Crippen LogP contribution in [0, 0.1) is 23.1 Å². The molecule has 3 aromatic rings. The molecule has 0 saturated carbocycles. The number of halogens is 1. The molecule has 4 atom stereocenters. The predicted molar refractivity (Wildman–Crippen MR) is 137 cm³/mol.